The minimum atomic E-state index is 0.436. The number of nitrogens with zero attached hydrogens (tertiary/aromatic N) is 1. The second kappa shape index (κ2) is 3.11. The molecule has 2 aliphatic heterocycles. The molecule has 3 rings (SSSR count). The molecule has 0 spiro atoms. The lowest BCUT2D eigenvalue weighted by molar-refractivity contribution is 0.414. The Morgan fingerprint density at radius 2 is 2.00 bits per heavy atom. The van der Waals surface area contributed by atoms with Gasteiger partial charge in [0.15, 0.2) is 0 Å². The fourth-order valence-electron chi connectivity index (χ4n) is 1.94. The maximum absolute atomic E-state index is 5.39. The van der Waals surface area contributed by atoms with Crippen molar-refractivity contribution in [3.8, 4) is 0 Å². The van der Waals surface area contributed by atoms with E-state index in [-0.39, 0.29) is 0 Å². The number of hydrogen-bond donors (Lipinski definition) is 0. The van der Waals surface area contributed by atoms with Gasteiger partial charge in [-0.15, -0.1) is 11.8 Å². The molecule has 1 nitrogen and oxygen atoms in total. The van der Waals surface area contributed by atoms with Crippen LogP contribution in [0.1, 0.15) is 11.5 Å². The summed E-state index contributed by atoms with van der Waals surface area (Å²) in [6, 6.07) is 10.5. The molecule has 1 fully saturated rings. The summed E-state index contributed by atoms with van der Waals surface area (Å²) < 4.78 is 0. The molecule has 0 N–H and O–H groups in total. The van der Waals surface area contributed by atoms with Crippen molar-refractivity contribution in [2.24, 2.45) is 0 Å². The number of hydrogen-bond acceptors (Lipinski definition) is 2. The molecular weight excluding hydrogens is 210 g/mol. The lowest BCUT2D eigenvalue weighted by Gasteiger charge is -2.44. The molecule has 1 aromatic carbocycles. The van der Waals surface area contributed by atoms with E-state index >= 15 is 0 Å². The first kappa shape index (κ1) is 8.50. The van der Waals surface area contributed by atoms with Gasteiger partial charge in [0.05, 0.1) is 16.3 Å². The van der Waals surface area contributed by atoms with Crippen molar-refractivity contribution in [3.05, 3.63) is 47.5 Å². The average Bonchev–Trinajstić information content (AvgIpc) is 2.63. The smallest absolute Gasteiger partial charge is 0.0971 e. The Balaban J connectivity index is 1.92. The van der Waals surface area contributed by atoms with E-state index in [0.717, 1.165) is 4.99 Å². The summed E-state index contributed by atoms with van der Waals surface area (Å²) >= 11 is 7.24. The van der Waals surface area contributed by atoms with Crippen molar-refractivity contribution >= 4 is 29.0 Å². The van der Waals surface area contributed by atoms with Crippen molar-refractivity contribution < 1.29 is 0 Å². The van der Waals surface area contributed by atoms with Crippen LogP contribution in [-0.4, -0.2) is 15.3 Å². The predicted octanol–water partition coefficient (Wildman–Crippen LogP) is 2.96. The molecule has 0 radical (unpaired) electrons. The van der Waals surface area contributed by atoms with Crippen LogP contribution in [0.15, 0.2) is 41.9 Å². The van der Waals surface area contributed by atoms with E-state index < -0.39 is 0 Å². The van der Waals surface area contributed by atoms with E-state index in [9.17, 15) is 0 Å². The molecule has 1 unspecified atom stereocenters. The molecular formula is C11H9NS2. The summed E-state index contributed by atoms with van der Waals surface area (Å²) in [6.45, 7) is 0. The zero-order chi connectivity index (χ0) is 9.54. The summed E-state index contributed by atoms with van der Waals surface area (Å²) in [4.78, 5) is 3.24. The third-order valence-electron chi connectivity index (χ3n) is 2.68. The van der Waals surface area contributed by atoms with Crippen molar-refractivity contribution in [1.29, 1.82) is 0 Å². The molecule has 0 aromatic heterocycles. The average molecular weight is 219 g/mol. The van der Waals surface area contributed by atoms with E-state index in [4.69, 9.17) is 12.2 Å². The highest BCUT2D eigenvalue weighted by atomic mass is 32.2. The SMILES string of the molecule is S=C1C(c2ccccc2)[C@@H]2SC=CN12. The van der Waals surface area contributed by atoms with E-state index in [1.54, 1.807) is 0 Å². The second-order valence-corrected chi connectivity index (χ2v) is 4.89. The molecule has 70 valence electrons. The second-order valence-electron chi connectivity index (χ2n) is 3.45. The number of rotatable bonds is 1. The van der Waals surface area contributed by atoms with Crippen LogP contribution >= 0.6 is 24.0 Å². The van der Waals surface area contributed by atoms with Crippen LogP contribution in [-0.2, 0) is 0 Å². The van der Waals surface area contributed by atoms with E-state index in [1.807, 2.05) is 17.8 Å². The molecule has 2 atom stereocenters. The monoisotopic (exact) mass is 219 g/mol. The summed E-state index contributed by atoms with van der Waals surface area (Å²) in [7, 11) is 0. The largest absolute Gasteiger partial charge is 0.328 e. The van der Waals surface area contributed by atoms with Gasteiger partial charge in [0.2, 0.25) is 0 Å². The van der Waals surface area contributed by atoms with Gasteiger partial charge < -0.3 is 4.90 Å². The molecule has 2 heterocycles. The van der Waals surface area contributed by atoms with Gasteiger partial charge in [-0.1, -0.05) is 42.5 Å². The lowest BCUT2D eigenvalue weighted by atomic mass is 9.91. The Morgan fingerprint density at radius 3 is 2.79 bits per heavy atom. The van der Waals surface area contributed by atoms with E-state index in [0.29, 0.717) is 11.3 Å². The quantitative estimate of drug-likeness (QED) is 0.669. The van der Waals surface area contributed by atoms with Crippen molar-refractivity contribution in [1.82, 2.24) is 4.90 Å². The number of benzene rings is 1. The highest BCUT2D eigenvalue weighted by Gasteiger charge is 2.45. The maximum atomic E-state index is 5.39. The Hall–Kier alpha value is -0.800. The summed E-state index contributed by atoms with van der Waals surface area (Å²) in [5, 5.41) is 2.64. The lowest BCUT2D eigenvalue weighted by Crippen LogP contribution is -2.51. The zero-order valence-electron chi connectivity index (χ0n) is 7.46. The zero-order valence-corrected chi connectivity index (χ0v) is 9.09. The molecule has 1 aromatic rings. The van der Waals surface area contributed by atoms with Crippen LogP contribution in [0.2, 0.25) is 0 Å². The summed E-state index contributed by atoms with van der Waals surface area (Å²) in [5.41, 5.74) is 1.34. The van der Waals surface area contributed by atoms with Crippen molar-refractivity contribution in [2.45, 2.75) is 11.3 Å². The van der Waals surface area contributed by atoms with Gasteiger partial charge in [-0.2, -0.15) is 0 Å². The Morgan fingerprint density at radius 1 is 1.21 bits per heavy atom. The first-order valence-electron chi connectivity index (χ1n) is 4.57. The predicted molar refractivity (Wildman–Crippen MR) is 64.1 cm³/mol. The molecule has 0 saturated carbocycles. The van der Waals surface area contributed by atoms with Gasteiger partial charge in [-0.05, 0) is 11.0 Å². The summed E-state index contributed by atoms with van der Waals surface area (Å²) in [5.74, 6) is 0.436. The molecule has 2 aliphatic rings. The van der Waals surface area contributed by atoms with Crippen LogP contribution in [0.4, 0.5) is 0 Å². The highest BCUT2D eigenvalue weighted by Crippen LogP contribution is 2.46. The topological polar surface area (TPSA) is 3.24 Å². The third-order valence-corrected chi connectivity index (χ3v) is 4.20. The number of fused-ring (bicyclic) bond motifs is 1. The molecule has 0 bridgehead atoms. The van der Waals surface area contributed by atoms with Crippen LogP contribution in [0.5, 0.6) is 0 Å². The number of thiocarbonyl (C=S) groups is 1. The first-order valence-corrected chi connectivity index (χ1v) is 5.92. The fraction of sp³-hybridized carbons (Fsp3) is 0.182. The normalized spacial score (nSPS) is 28.9. The van der Waals surface area contributed by atoms with Crippen LogP contribution in [0, 0.1) is 0 Å². The van der Waals surface area contributed by atoms with E-state index in [1.165, 1.54) is 5.56 Å². The van der Waals surface area contributed by atoms with Crippen molar-refractivity contribution in [3.63, 3.8) is 0 Å². The van der Waals surface area contributed by atoms with E-state index in [2.05, 4.69) is 40.8 Å². The molecule has 1 saturated heterocycles. The van der Waals surface area contributed by atoms with Gasteiger partial charge in [-0.25, -0.2) is 0 Å². The minimum Gasteiger partial charge on any atom is -0.328 e. The van der Waals surface area contributed by atoms with Crippen LogP contribution < -0.4 is 0 Å². The maximum Gasteiger partial charge on any atom is 0.0971 e. The van der Waals surface area contributed by atoms with Crippen LogP contribution in [0.25, 0.3) is 0 Å². The minimum absolute atomic E-state index is 0.436. The summed E-state index contributed by atoms with van der Waals surface area (Å²) in [6.07, 6.45) is 2.08. The standard InChI is InChI=1S/C11H9NS2/c13-10-9(8-4-2-1-3-5-8)11-12(10)6-7-14-11/h1-7,9,11H/t9?,11-/m0/s1. The van der Waals surface area contributed by atoms with Gasteiger partial charge in [-0.3, -0.25) is 0 Å². The fourth-order valence-corrected chi connectivity index (χ4v) is 3.65. The van der Waals surface area contributed by atoms with Gasteiger partial charge in [0.1, 0.15) is 0 Å². The van der Waals surface area contributed by atoms with Crippen LogP contribution in [0.3, 0.4) is 0 Å². The Bertz CT molecular complexity index is 399. The van der Waals surface area contributed by atoms with Gasteiger partial charge in [0.25, 0.3) is 0 Å². The molecule has 3 heteroatoms. The van der Waals surface area contributed by atoms with Gasteiger partial charge >= 0.3 is 0 Å². The highest BCUT2D eigenvalue weighted by molar-refractivity contribution is 8.03. The molecule has 0 amide bonds. The Labute approximate surface area is 92.8 Å². The Kier molecular flexibility index (Phi) is 1.89. The molecule has 0 aliphatic carbocycles. The first-order chi connectivity index (χ1) is 6.88. The number of thioether (sulfide) groups is 1. The molecule has 14 heavy (non-hydrogen) atoms. The van der Waals surface area contributed by atoms with Crippen molar-refractivity contribution in [2.75, 3.05) is 0 Å². The van der Waals surface area contributed by atoms with Gasteiger partial charge in [0, 0.05) is 6.20 Å². The third kappa shape index (κ3) is 1.06.